The van der Waals surface area contributed by atoms with E-state index in [1.807, 2.05) is 13.8 Å². The minimum absolute atomic E-state index is 0. The lowest BCUT2D eigenvalue weighted by molar-refractivity contribution is -0.134. The topological polar surface area (TPSA) is 32.3 Å². The van der Waals surface area contributed by atoms with E-state index in [-0.39, 0.29) is 18.3 Å². The van der Waals surface area contributed by atoms with Gasteiger partial charge in [0.25, 0.3) is 0 Å². The molecule has 1 amide bonds. The van der Waals surface area contributed by atoms with Crippen molar-refractivity contribution in [1.82, 2.24) is 10.2 Å². The first-order chi connectivity index (χ1) is 7.33. The van der Waals surface area contributed by atoms with E-state index in [2.05, 4.69) is 24.4 Å². The molecule has 0 radical (unpaired) electrons. The maximum Gasteiger partial charge on any atom is 0.241 e. The highest BCUT2D eigenvalue weighted by atomic mass is 35.5. The molecular formula is C12H21ClN2OS. The molecule has 1 rings (SSSR count). The van der Waals surface area contributed by atoms with E-state index in [0.29, 0.717) is 0 Å². The van der Waals surface area contributed by atoms with Crippen LogP contribution in [0.3, 0.4) is 0 Å². The van der Waals surface area contributed by atoms with Crippen molar-refractivity contribution in [2.75, 3.05) is 14.1 Å². The summed E-state index contributed by atoms with van der Waals surface area (Å²) in [7, 11) is 3.56. The molecule has 0 bridgehead atoms. The highest BCUT2D eigenvalue weighted by Gasteiger charge is 2.28. The number of hydrogen-bond acceptors (Lipinski definition) is 3. The smallest absolute Gasteiger partial charge is 0.241 e. The lowest BCUT2D eigenvalue weighted by Gasteiger charge is -2.28. The van der Waals surface area contributed by atoms with Crippen molar-refractivity contribution < 1.29 is 4.79 Å². The summed E-state index contributed by atoms with van der Waals surface area (Å²) in [4.78, 5) is 16.0. The number of likely N-dealkylation sites (N-methyl/N-ethyl adjacent to an activating group) is 1. The van der Waals surface area contributed by atoms with Crippen molar-refractivity contribution in [3.8, 4) is 0 Å². The van der Waals surface area contributed by atoms with Crippen molar-refractivity contribution in [2.45, 2.75) is 32.9 Å². The van der Waals surface area contributed by atoms with Crippen LogP contribution in [-0.2, 0) is 11.3 Å². The monoisotopic (exact) mass is 276 g/mol. The van der Waals surface area contributed by atoms with Crippen LogP contribution in [0.1, 0.15) is 23.6 Å². The fourth-order valence-electron chi connectivity index (χ4n) is 1.52. The largest absolute Gasteiger partial charge is 0.347 e. The van der Waals surface area contributed by atoms with Crippen LogP contribution in [0.25, 0.3) is 0 Å². The van der Waals surface area contributed by atoms with Gasteiger partial charge in [-0.1, -0.05) is 0 Å². The van der Waals surface area contributed by atoms with Crippen LogP contribution in [-0.4, -0.2) is 30.4 Å². The van der Waals surface area contributed by atoms with Gasteiger partial charge in [-0.05, 0) is 32.9 Å². The van der Waals surface area contributed by atoms with E-state index in [9.17, 15) is 4.79 Å². The standard InChI is InChI=1S/C12H20N2OS.ClH/c1-9-6-7-10(16-9)8-13-12(2,3)11(15)14(4)5;/h6-7,13H,8H2,1-5H3;1H. The van der Waals surface area contributed by atoms with E-state index < -0.39 is 5.54 Å². The zero-order valence-corrected chi connectivity index (χ0v) is 12.7. The molecule has 0 saturated carbocycles. The molecule has 0 aliphatic rings. The average Bonchev–Trinajstić information content (AvgIpc) is 2.60. The second-order valence-electron chi connectivity index (χ2n) is 4.69. The van der Waals surface area contributed by atoms with Gasteiger partial charge in [0.1, 0.15) is 0 Å². The molecule has 0 atom stereocenters. The van der Waals surface area contributed by atoms with Gasteiger partial charge in [0, 0.05) is 30.4 Å². The first kappa shape index (κ1) is 16.4. The summed E-state index contributed by atoms with van der Waals surface area (Å²) in [5, 5.41) is 3.29. The minimum Gasteiger partial charge on any atom is -0.347 e. The van der Waals surface area contributed by atoms with Crippen molar-refractivity contribution in [1.29, 1.82) is 0 Å². The number of hydrogen-bond donors (Lipinski definition) is 1. The number of carbonyl (C=O) groups excluding carboxylic acids is 1. The van der Waals surface area contributed by atoms with Gasteiger partial charge in [-0.3, -0.25) is 10.1 Å². The van der Waals surface area contributed by atoms with Gasteiger partial charge in [0.05, 0.1) is 5.54 Å². The molecule has 0 aliphatic carbocycles. The Morgan fingerprint density at radius 3 is 2.41 bits per heavy atom. The zero-order valence-electron chi connectivity index (χ0n) is 11.0. The number of thiophene rings is 1. The zero-order chi connectivity index (χ0) is 12.3. The van der Waals surface area contributed by atoms with Crippen molar-refractivity contribution >= 4 is 29.7 Å². The molecule has 5 heteroatoms. The average molecular weight is 277 g/mol. The number of amides is 1. The molecule has 0 aliphatic heterocycles. The summed E-state index contributed by atoms with van der Waals surface area (Å²) < 4.78 is 0. The summed E-state index contributed by atoms with van der Waals surface area (Å²) in [6.45, 7) is 6.65. The van der Waals surface area contributed by atoms with Crippen molar-refractivity contribution in [3.05, 3.63) is 21.9 Å². The number of halogens is 1. The van der Waals surface area contributed by atoms with E-state index in [1.54, 1.807) is 30.3 Å². The van der Waals surface area contributed by atoms with Gasteiger partial charge in [0.15, 0.2) is 0 Å². The third-order valence-electron chi connectivity index (χ3n) is 2.44. The van der Waals surface area contributed by atoms with Gasteiger partial charge < -0.3 is 4.90 Å². The molecule has 1 heterocycles. The lowest BCUT2D eigenvalue weighted by atomic mass is 10.0. The van der Waals surface area contributed by atoms with E-state index in [0.717, 1.165) is 6.54 Å². The first-order valence-corrected chi connectivity index (χ1v) is 6.16. The van der Waals surface area contributed by atoms with Crippen molar-refractivity contribution in [3.63, 3.8) is 0 Å². The number of nitrogens with one attached hydrogen (secondary N) is 1. The van der Waals surface area contributed by atoms with E-state index in [1.165, 1.54) is 9.75 Å². The summed E-state index contributed by atoms with van der Waals surface area (Å²) in [5.74, 6) is 0.0979. The highest BCUT2D eigenvalue weighted by molar-refractivity contribution is 7.11. The fourth-order valence-corrected chi connectivity index (χ4v) is 2.35. The molecule has 1 N–H and O–H groups in total. The normalized spacial score (nSPS) is 10.9. The van der Waals surface area contributed by atoms with Crippen LogP contribution in [0.5, 0.6) is 0 Å². The molecule has 1 aromatic rings. The number of nitrogens with zero attached hydrogens (tertiary/aromatic N) is 1. The highest BCUT2D eigenvalue weighted by Crippen LogP contribution is 2.16. The SMILES string of the molecule is Cc1ccc(CNC(C)(C)C(=O)N(C)C)s1.Cl. The first-order valence-electron chi connectivity index (χ1n) is 5.35. The summed E-state index contributed by atoms with van der Waals surface area (Å²) in [5.41, 5.74) is -0.513. The molecule has 98 valence electrons. The van der Waals surface area contributed by atoms with Crippen LogP contribution in [0, 0.1) is 6.92 Å². The second-order valence-corrected chi connectivity index (χ2v) is 6.06. The van der Waals surface area contributed by atoms with Gasteiger partial charge >= 0.3 is 0 Å². The van der Waals surface area contributed by atoms with Crippen LogP contribution in [0.4, 0.5) is 0 Å². The van der Waals surface area contributed by atoms with Crippen molar-refractivity contribution in [2.24, 2.45) is 0 Å². The number of carbonyl (C=O) groups is 1. The van der Waals surface area contributed by atoms with Gasteiger partial charge in [-0.25, -0.2) is 0 Å². The number of rotatable bonds is 4. The molecule has 0 fully saturated rings. The Bertz CT molecular complexity index is 374. The molecule has 1 aromatic heterocycles. The van der Waals surface area contributed by atoms with Crippen LogP contribution >= 0.6 is 23.7 Å². The lowest BCUT2D eigenvalue weighted by Crippen LogP contribution is -2.51. The Morgan fingerprint density at radius 2 is 2.00 bits per heavy atom. The summed E-state index contributed by atoms with van der Waals surface area (Å²) in [6, 6.07) is 4.20. The fraction of sp³-hybridized carbons (Fsp3) is 0.583. The third kappa shape index (κ3) is 4.66. The Labute approximate surface area is 114 Å². The molecule has 0 spiro atoms. The predicted molar refractivity (Wildman–Crippen MR) is 75.9 cm³/mol. The molecule has 3 nitrogen and oxygen atoms in total. The van der Waals surface area contributed by atoms with Gasteiger partial charge in [-0.15, -0.1) is 23.7 Å². The Hall–Kier alpha value is -0.580. The molecule has 17 heavy (non-hydrogen) atoms. The van der Waals surface area contributed by atoms with E-state index in [4.69, 9.17) is 0 Å². The van der Waals surface area contributed by atoms with Crippen LogP contribution in [0.15, 0.2) is 12.1 Å². The Morgan fingerprint density at radius 1 is 1.41 bits per heavy atom. The number of aryl methyl sites for hydroxylation is 1. The summed E-state index contributed by atoms with van der Waals surface area (Å²) >= 11 is 1.76. The molecule has 0 unspecified atom stereocenters. The van der Waals surface area contributed by atoms with Gasteiger partial charge in [0.2, 0.25) is 5.91 Å². The van der Waals surface area contributed by atoms with Gasteiger partial charge in [-0.2, -0.15) is 0 Å². The second kappa shape index (κ2) is 6.38. The molecule has 0 saturated heterocycles. The minimum atomic E-state index is -0.513. The maximum atomic E-state index is 11.9. The molecule has 0 aromatic carbocycles. The predicted octanol–water partition coefficient (Wildman–Crippen LogP) is 2.43. The quantitative estimate of drug-likeness (QED) is 0.916. The third-order valence-corrected chi connectivity index (χ3v) is 3.44. The Balaban J connectivity index is 0.00000256. The maximum absolute atomic E-state index is 11.9. The van der Waals surface area contributed by atoms with Crippen LogP contribution in [0.2, 0.25) is 0 Å². The summed E-state index contributed by atoms with van der Waals surface area (Å²) in [6.07, 6.45) is 0. The molecular weight excluding hydrogens is 256 g/mol. The van der Waals surface area contributed by atoms with E-state index >= 15 is 0 Å². The Kier molecular flexibility index (Phi) is 6.16. The van der Waals surface area contributed by atoms with Crippen LogP contribution < -0.4 is 5.32 Å².